The number of rotatable bonds is 1. The van der Waals surface area contributed by atoms with E-state index in [4.69, 9.17) is 5.73 Å². The van der Waals surface area contributed by atoms with Crippen molar-refractivity contribution in [3.63, 3.8) is 0 Å². The van der Waals surface area contributed by atoms with Crippen LogP contribution in [0.4, 0.5) is 5.82 Å². The molecule has 13 heavy (non-hydrogen) atoms. The minimum atomic E-state index is 0.637. The molecule has 2 bridgehead atoms. The molecule has 3 N–H and O–H groups in total. The van der Waals surface area contributed by atoms with Crippen molar-refractivity contribution in [3.8, 4) is 0 Å². The van der Waals surface area contributed by atoms with Gasteiger partial charge in [-0.25, -0.2) is 0 Å². The molecule has 0 aliphatic heterocycles. The molecular weight excluding hydrogens is 162 g/mol. The largest absolute Gasteiger partial charge is 0.382 e. The Morgan fingerprint density at radius 1 is 1.38 bits per heavy atom. The summed E-state index contributed by atoms with van der Waals surface area (Å²) in [6.45, 7) is 0. The normalized spacial score (nSPS) is 37.1. The van der Waals surface area contributed by atoms with Crippen LogP contribution in [0, 0.1) is 11.8 Å². The van der Waals surface area contributed by atoms with E-state index in [-0.39, 0.29) is 0 Å². The summed E-state index contributed by atoms with van der Waals surface area (Å²) in [5.41, 5.74) is 6.87. The number of nitrogen functional groups attached to an aromatic ring is 1. The number of hydrogen-bond acceptors (Lipinski definition) is 2. The SMILES string of the molecule is Nc1cc(C2CC3CCC2C3)[nH]n1. The van der Waals surface area contributed by atoms with E-state index in [1.54, 1.807) is 0 Å². The van der Waals surface area contributed by atoms with Crippen LogP contribution >= 0.6 is 0 Å². The first-order chi connectivity index (χ1) is 6.33. The van der Waals surface area contributed by atoms with Crippen LogP contribution in [0.2, 0.25) is 0 Å². The van der Waals surface area contributed by atoms with Crippen LogP contribution in [0.1, 0.15) is 37.3 Å². The van der Waals surface area contributed by atoms with Crippen molar-refractivity contribution in [1.82, 2.24) is 10.2 Å². The van der Waals surface area contributed by atoms with E-state index in [1.165, 1.54) is 31.4 Å². The number of anilines is 1. The minimum Gasteiger partial charge on any atom is -0.382 e. The van der Waals surface area contributed by atoms with Gasteiger partial charge in [0.05, 0.1) is 0 Å². The number of hydrogen-bond donors (Lipinski definition) is 2. The molecule has 2 aliphatic carbocycles. The molecule has 3 atom stereocenters. The summed E-state index contributed by atoms with van der Waals surface area (Å²) in [6.07, 6.45) is 5.65. The van der Waals surface area contributed by atoms with Crippen molar-refractivity contribution >= 4 is 5.82 Å². The molecule has 1 aromatic rings. The Bertz CT molecular complexity index is 318. The van der Waals surface area contributed by atoms with Gasteiger partial charge in [-0.1, -0.05) is 6.42 Å². The summed E-state index contributed by atoms with van der Waals surface area (Å²) in [5, 5.41) is 7.05. The van der Waals surface area contributed by atoms with Gasteiger partial charge >= 0.3 is 0 Å². The summed E-state index contributed by atoms with van der Waals surface area (Å²) in [4.78, 5) is 0. The van der Waals surface area contributed by atoms with Crippen LogP contribution in [0.3, 0.4) is 0 Å². The molecule has 0 amide bonds. The molecule has 0 aromatic carbocycles. The summed E-state index contributed by atoms with van der Waals surface area (Å²) in [6, 6.07) is 2.01. The van der Waals surface area contributed by atoms with Gasteiger partial charge in [0.2, 0.25) is 0 Å². The molecule has 0 radical (unpaired) electrons. The van der Waals surface area contributed by atoms with Crippen molar-refractivity contribution in [2.75, 3.05) is 5.73 Å². The fourth-order valence-corrected chi connectivity index (χ4v) is 3.17. The van der Waals surface area contributed by atoms with Crippen molar-refractivity contribution in [1.29, 1.82) is 0 Å². The minimum absolute atomic E-state index is 0.637. The average Bonchev–Trinajstić information content (AvgIpc) is 2.77. The van der Waals surface area contributed by atoms with E-state index in [1.807, 2.05) is 6.07 Å². The Balaban J connectivity index is 1.87. The standard InChI is InChI=1S/C10H15N3/c11-10-5-9(12-13-10)8-4-6-1-2-7(8)3-6/h5-8H,1-4H2,(H3,11,12,13). The van der Waals surface area contributed by atoms with Crippen LogP contribution in [-0.4, -0.2) is 10.2 Å². The Morgan fingerprint density at radius 3 is 2.85 bits per heavy atom. The highest BCUT2D eigenvalue weighted by molar-refractivity contribution is 5.31. The maximum atomic E-state index is 5.60. The number of fused-ring (bicyclic) bond motifs is 2. The Morgan fingerprint density at radius 2 is 2.31 bits per heavy atom. The van der Waals surface area contributed by atoms with Crippen molar-refractivity contribution in [2.45, 2.75) is 31.6 Å². The van der Waals surface area contributed by atoms with E-state index >= 15 is 0 Å². The van der Waals surface area contributed by atoms with E-state index in [0.29, 0.717) is 5.82 Å². The van der Waals surface area contributed by atoms with Crippen molar-refractivity contribution in [3.05, 3.63) is 11.8 Å². The highest BCUT2D eigenvalue weighted by Crippen LogP contribution is 2.52. The quantitative estimate of drug-likeness (QED) is 0.688. The average molecular weight is 177 g/mol. The predicted octanol–water partition coefficient (Wildman–Crippen LogP) is 1.90. The second-order valence-corrected chi connectivity index (χ2v) is 4.53. The molecule has 3 rings (SSSR count). The number of nitrogens with one attached hydrogen (secondary N) is 1. The highest BCUT2D eigenvalue weighted by Gasteiger charge is 2.40. The zero-order valence-corrected chi connectivity index (χ0v) is 7.66. The second kappa shape index (κ2) is 2.50. The first-order valence-electron chi connectivity index (χ1n) is 5.13. The smallest absolute Gasteiger partial charge is 0.145 e. The Labute approximate surface area is 77.7 Å². The Hall–Kier alpha value is -0.990. The van der Waals surface area contributed by atoms with Crippen LogP contribution in [-0.2, 0) is 0 Å². The maximum Gasteiger partial charge on any atom is 0.145 e. The van der Waals surface area contributed by atoms with E-state index in [0.717, 1.165) is 17.8 Å². The maximum absolute atomic E-state index is 5.60. The van der Waals surface area contributed by atoms with E-state index < -0.39 is 0 Å². The Kier molecular flexibility index (Phi) is 1.43. The number of aromatic nitrogens is 2. The van der Waals surface area contributed by atoms with Crippen LogP contribution < -0.4 is 5.73 Å². The van der Waals surface area contributed by atoms with Gasteiger partial charge in [-0.3, -0.25) is 5.10 Å². The van der Waals surface area contributed by atoms with Crippen LogP contribution in [0.5, 0.6) is 0 Å². The lowest BCUT2D eigenvalue weighted by atomic mass is 9.86. The predicted molar refractivity (Wildman–Crippen MR) is 51.2 cm³/mol. The zero-order chi connectivity index (χ0) is 8.84. The van der Waals surface area contributed by atoms with Gasteiger partial charge in [0.15, 0.2) is 0 Å². The van der Waals surface area contributed by atoms with Crippen LogP contribution in [0.25, 0.3) is 0 Å². The summed E-state index contributed by atoms with van der Waals surface area (Å²) in [5.74, 6) is 3.26. The lowest BCUT2D eigenvalue weighted by Crippen LogP contribution is -2.08. The number of nitrogens with zero attached hydrogens (tertiary/aromatic N) is 1. The number of H-pyrrole nitrogens is 1. The molecule has 3 heteroatoms. The molecule has 70 valence electrons. The van der Waals surface area contributed by atoms with Gasteiger partial charge in [0.25, 0.3) is 0 Å². The fourth-order valence-electron chi connectivity index (χ4n) is 3.17. The first-order valence-corrected chi connectivity index (χ1v) is 5.13. The number of nitrogens with two attached hydrogens (primary N) is 1. The van der Waals surface area contributed by atoms with Crippen molar-refractivity contribution < 1.29 is 0 Å². The van der Waals surface area contributed by atoms with E-state index in [9.17, 15) is 0 Å². The summed E-state index contributed by atoms with van der Waals surface area (Å²) < 4.78 is 0. The molecule has 1 heterocycles. The molecular formula is C10H15N3. The third-order valence-corrected chi connectivity index (χ3v) is 3.76. The lowest BCUT2D eigenvalue weighted by molar-refractivity contribution is 0.413. The van der Waals surface area contributed by atoms with Gasteiger partial charge in [-0.05, 0) is 31.1 Å². The van der Waals surface area contributed by atoms with Gasteiger partial charge < -0.3 is 5.73 Å². The summed E-state index contributed by atoms with van der Waals surface area (Å²) >= 11 is 0. The third-order valence-electron chi connectivity index (χ3n) is 3.76. The van der Waals surface area contributed by atoms with Gasteiger partial charge in [0, 0.05) is 17.7 Å². The van der Waals surface area contributed by atoms with Gasteiger partial charge in [0.1, 0.15) is 5.82 Å². The van der Waals surface area contributed by atoms with Gasteiger partial charge in [-0.15, -0.1) is 0 Å². The molecule has 1 aromatic heterocycles. The molecule has 0 saturated heterocycles. The van der Waals surface area contributed by atoms with Crippen LogP contribution in [0.15, 0.2) is 6.07 Å². The molecule has 3 nitrogen and oxygen atoms in total. The molecule has 2 fully saturated rings. The second-order valence-electron chi connectivity index (χ2n) is 4.53. The third kappa shape index (κ3) is 1.06. The lowest BCUT2D eigenvalue weighted by Gasteiger charge is -2.19. The fraction of sp³-hybridized carbons (Fsp3) is 0.700. The monoisotopic (exact) mass is 177 g/mol. The highest BCUT2D eigenvalue weighted by atomic mass is 15.2. The van der Waals surface area contributed by atoms with Gasteiger partial charge in [-0.2, -0.15) is 5.10 Å². The van der Waals surface area contributed by atoms with E-state index in [2.05, 4.69) is 10.2 Å². The first kappa shape index (κ1) is 7.42. The summed E-state index contributed by atoms with van der Waals surface area (Å²) in [7, 11) is 0. The number of aromatic amines is 1. The van der Waals surface area contributed by atoms with Crippen molar-refractivity contribution in [2.24, 2.45) is 11.8 Å². The molecule has 3 unspecified atom stereocenters. The molecule has 0 spiro atoms. The molecule has 2 aliphatic rings. The topological polar surface area (TPSA) is 54.7 Å². The molecule has 2 saturated carbocycles. The zero-order valence-electron chi connectivity index (χ0n) is 7.66.